The largest absolute Gasteiger partial charge is 0.465 e. The number of ether oxygens (including phenoxy) is 1. The van der Waals surface area contributed by atoms with Crippen LogP contribution in [0.4, 0.5) is 5.69 Å². The number of hydrogen-bond acceptors (Lipinski definition) is 5. The van der Waals surface area contributed by atoms with Crippen LogP contribution in [0.2, 0.25) is 0 Å². The maximum absolute atomic E-state index is 12.1. The summed E-state index contributed by atoms with van der Waals surface area (Å²) in [7, 11) is 1.31. The maximum Gasteiger partial charge on any atom is 0.339 e. The molecular formula is C16H18N2O3S. The van der Waals surface area contributed by atoms with Crippen molar-refractivity contribution in [1.29, 1.82) is 0 Å². The van der Waals surface area contributed by atoms with Gasteiger partial charge < -0.3 is 10.1 Å². The number of aromatic nitrogens is 1. The van der Waals surface area contributed by atoms with E-state index < -0.39 is 5.97 Å². The number of hydrogen-bond donors (Lipinski definition) is 1. The average molecular weight is 318 g/mol. The van der Waals surface area contributed by atoms with E-state index in [1.54, 1.807) is 35.6 Å². The number of methoxy groups -OCH3 is 1. The Balaban J connectivity index is 2.07. The van der Waals surface area contributed by atoms with Crippen molar-refractivity contribution in [2.24, 2.45) is 0 Å². The van der Waals surface area contributed by atoms with E-state index in [9.17, 15) is 9.59 Å². The molecule has 1 aromatic heterocycles. The third kappa shape index (κ3) is 3.92. The molecule has 116 valence electrons. The van der Waals surface area contributed by atoms with Crippen LogP contribution < -0.4 is 5.32 Å². The highest BCUT2D eigenvalue weighted by Gasteiger charge is 2.14. The summed E-state index contributed by atoms with van der Waals surface area (Å²) in [6.07, 6.45) is 0.179. The lowest BCUT2D eigenvalue weighted by Gasteiger charge is -2.08. The van der Waals surface area contributed by atoms with E-state index in [0.29, 0.717) is 17.2 Å². The zero-order valence-electron chi connectivity index (χ0n) is 12.8. The number of nitrogens with zero attached hydrogens (tertiary/aromatic N) is 1. The topological polar surface area (TPSA) is 68.3 Å². The second-order valence-corrected chi connectivity index (χ2v) is 5.98. The predicted molar refractivity (Wildman–Crippen MR) is 86.3 cm³/mol. The minimum atomic E-state index is -0.480. The predicted octanol–water partition coefficient (Wildman–Crippen LogP) is 3.23. The van der Waals surface area contributed by atoms with Crippen LogP contribution in [0.5, 0.6) is 0 Å². The Hall–Kier alpha value is -2.21. The second-order valence-electron chi connectivity index (χ2n) is 5.09. The van der Waals surface area contributed by atoms with Crippen molar-refractivity contribution in [1.82, 2.24) is 4.98 Å². The van der Waals surface area contributed by atoms with Gasteiger partial charge in [-0.05, 0) is 12.1 Å². The highest BCUT2D eigenvalue weighted by molar-refractivity contribution is 7.09. The van der Waals surface area contributed by atoms with Gasteiger partial charge in [-0.3, -0.25) is 4.79 Å². The molecule has 0 fully saturated rings. The molecule has 1 N–H and O–H groups in total. The summed E-state index contributed by atoms with van der Waals surface area (Å²) in [4.78, 5) is 28.2. The molecule has 22 heavy (non-hydrogen) atoms. The molecule has 0 spiro atoms. The zero-order chi connectivity index (χ0) is 16.1. The fourth-order valence-electron chi connectivity index (χ4n) is 1.91. The van der Waals surface area contributed by atoms with Crippen LogP contribution in [-0.2, 0) is 16.0 Å². The van der Waals surface area contributed by atoms with E-state index in [1.807, 2.05) is 5.38 Å². The molecule has 1 amide bonds. The normalized spacial score (nSPS) is 10.5. The van der Waals surface area contributed by atoms with Gasteiger partial charge >= 0.3 is 5.97 Å². The number of carbonyl (C=O) groups excluding carboxylic acids is 2. The molecule has 1 aromatic carbocycles. The first-order valence-corrected chi connectivity index (χ1v) is 7.80. The molecule has 0 atom stereocenters. The number of rotatable bonds is 5. The number of nitrogens with one attached hydrogen (secondary N) is 1. The lowest BCUT2D eigenvalue weighted by Crippen LogP contribution is -2.17. The van der Waals surface area contributed by atoms with E-state index in [-0.39, 0.29) is 12.3 Å². The quantitative estimate of drug-likeness (QED) is 0.859. The molecule has 0 aliphatic heterocycles. The van der Waals surface area contributed by atoms with E-state index in [1.165, 1.54) is 7.11 Å². The van der Waals surface area contributed by atoms with Gasteiger partial charge in [0.1, 0.15) is 0 Å². The van der Waals surface area contributed by atoms with Gasteiger partial charge in [0.15, 0.2) is 0 Å². The van der Waals surface area contributed by atoms with Crippen molar-refractivity contribution < 1.29 is 14.3 Å². The maximum atomic E-state index is 12.1. The number of benzene rings is 1. The summed E-state index contributed by atoms with van der Waals surface area (Å²) in [5.41, 5.74) is 1.51. The number of para-hydroxylation sites is 1. The first kappa shape index (κ1) is 16.2. The van der Waals surface area contributed by atoms with E-state index in [0.717, 1.165) is 10.7 Å². The molecule has 0 radical (unpaired) electrons. The van der Waals surface area contributed by atoms with Crippen molar-refractivity contribution in [3.05, 3.63) is 45.9 Å². The van der Waals surface area contributed by atoms with Gasteiger partial charge in [0.25, 0.3) is 0 Å². The van der Waals surface area contributed by atoms with Crippen molar-refractivity contribution >= 4 is 28.9 Å². The molecule has 2 rings (SSSR count). The monoisotopic (exact) mass is 318 g/mol. The second kappa shape index (κ2) is 7.17. The average Bonchev–Trinajstić information content (AvgIpc) is 2.95. The SMILES string of the molecule is COC(=O)c1ccccc1NC(=O)Cc1csc(C(C)C)n1. The molecule has 1 heterocycles. The summed E-state index contributed by atoms with van der Waals surface area (Å²) >= 11 is 1.55. The summed E-state index contributed by atoms with van der Waals surface area (Å²) in [5, 5.41) is 5.64. The molecule has 0 saturated heterocycles. The highest BCUT2D eigenvalue weighted by atomic mass is 32.1. The van der Waals surface area contributed by atoms with Crippen molar-refractivity contribution in [2.45, 2.75) is 26.2 Å². The highest BCUT2D eigenvalue weighted by Crippen LogP contribution is 2.20. The lowest BCUT2D eigenvalue weighted by atomic mass is 10.1. The van der Waals surface area contributed by atoms with Crippen molar-refractivity contribution in [2.75, 3.05) is 12.4 Å². The Morgan fingerprint density at radius 2 is 2.05 bits per heavy atom. The van der Waals surface area contributed by atoms with Gasteiger partial charge in [-0.2, -0.15) is 0 Å². The zero-order valence-corrected chi connectivity index (χ0v) is 13.6. The lowest BCUT2D eigenvalue weighted by molar-refractivity contribution is -0.115. The Morgan fingerprint density at radius 3 is 2.68 bits per heavy atom. The van der Waals surface area contributed by atoms with Crippen LogP contribution in [-0.4, -0.2) is 24.0 Å². The number of carbonyl (C=O) groups is 2. The van der Waals surface area contributed by atoms with E-state index in [2.05, 4.69) is 24.1 Å². The smallest absolute Gasteiger partial charge is 0.339 e. The van der Waals surface area contributed by atoms with Crippen LogP contribution in [0.25, 0.3) is 0 Å². The van der Waals surface area contributed by atoms with Gasteiger partial charge in [-0.25, -0.2) is 9.78 Å². The summed E-state index contributed by atoms with van der Waals surface area (Å²) < 4.78 is 4.71. The molecule has 0 saturated carbocycles. The molecule has 0 bridgehead atoms. The van der Waals surface area contributed by atoms with Crippen LogP contribution in [0.1, 0.15) is 40.8 Å². The molecule has 0 aliphatic carbocycles. The number of amides is 1. The van der Waals surface area contributed by atoms with Crippen LogP contribution >= 0.6 is 11.3 Å². The molecule has 0 aliphatic rings. The van der Waals surface area contributed by atoms with Crippen LogP contribution in [0.3, 0.4) is 0 Å². The van der Waals surface area contributed by atoms with E-state index in [4.69, 9.17) is 4.74 Å². The molecule has 5 nitrogen and oxygen atoms in total. The number of esters is 1. The Labute approximate surface area is 133 Å². The number of anilines is 1. The first-order valence-electron chi connectivity index (χ1n) is 6.92. The van der Waals surface area contributed by atoms with Crippen molar-refractivity contribution in [3.63, 3.8) is 0 Å². The Bertz CT molecular complexity index is 680. The number of thiazole rings is 1. The molecule has 0 unspecified atom stereocenters. The summed E-state index contributed by atoms with van der Waals surface area (Å²) in [6.45, 7) is 4.13. The molecule has 2 aromatic rings. The minimum Gasteiger partial charge on any atom is -0.465 e. The minimum absolute atomic E-state index is 0.179. The van der Waals surface area contributed by atoms with Gasteiger partial charge in [-0.1, -0.05) is 26.0 Å². The summed E-state index contributed by atoms with van der Waals surface area (Å²) in [6, 6.07) is 6.75. The van der Waals surface area contributed by atoms with Crippen molar-refractivity contribution in [3.8, 4) is 0 Å². The Kier molecular flexibility index (Phi) is 5.27. The van der Waals surface area contributed by atoms with Gasteiger partial charge in [-0.15, -0.1) is 11.3 Å². The standard InChI is InChI=1S/C16H18N2O3S/c1-10(2)15-17-11(9-22-15)8-14(19)18-13-7-5-4-6-12(13)16(20)21-3/h4-7,9-10H,8H2,1-3H3,(H,18,19). The third-order valence-corrected chi connectivity index (χ3v) is 4.21. The van der Waals surface area contributed by atoms with Gasteiger partial charge in [0.05, 0.1) is 35.5 Å². The third-order valence-electron chi connectivity index (χ3n) is 3.01. The van der Waals surface area contributed by atoms with Crippen LogP contribution in [0.15, 0.2) is 29.6 Å². The fourth-order valence-corrected chi connectivity index (χ4v) is 2.74. The molecule has 6 heteroatoms. The molecular weight excluding hydrogens is 300 g/mol. The first-order chi connectivity index (χ1) is 10.5. The van der Waals surface area contributed by atoms with Gasteiger partial charge in [0.2, 0.25) is 5.91 Å². The fraction of sp³-hybridized carbons (Fsp3) is 0.312. The van der Waals surface area contributed by atoms with Crippen LogP contribution in [0, 0.1) is 0 Å². The van der Waals surface area contributed by atoms with Gasteiger partial charge in [0, 0.05) is 11.3 Å². The Morgan fingerprint density at radius 1 is 1.32 bits per heavy atom. The summed E-state index contributed by atoms with van der Waals surface area (Å²) in [5.74, 6) is -0.342. The van der Waals surface area contributed by atoms with E-state index >= 15 is 0 Å².